The number of benzene rings is 2. The first-order valence-electron chi connectivity index (χ1n) is 8.73. The molecule has 0 aromatic heterocycles. The molecule has 1 heterocycles. The minimum Gasteiger partial charge on any atom is -0.365 e. The monoisotopic (exact) mass is 389 g/mol. The van der Waals surface area contributed by atoms with Crippen LogP contribution >= 0.6 is 0 Å². The Balaban J connectivity index is 1.88. The number of nitrogens with zero attached hydrogens (tertiary/aromatic N) is 3. The van der Waals surface area contributed by atoms with Crippen molar-refractivity contribution in [3.8, 4) is 0 Å². The van der Waals surface area contributed by atoms with Crippen LogP contribution in [-0.4, -0.2) is 45.3 Å². The van der Waals surface area contributed by atoms with Crippen LogP contribution < -0.4 is 9.80 Å². The second-order valence-corrected chi connectivity index (χ2v) is 9.02. The van der Waals surface area contributed by atoms with Crippen LogP contribution in [0.15, 0.2) is 47.4 Å². The maximum atomic E-state index is 11.7. The summed E-state index contributed by atoms with van der Waals surface area (Å²) in [7, 11) is -3.50. The lowest BCUT2D eigenvalue weighted by atomic mass is 10.1. The molecule has 1 atom stereocenters. The van der Waals surface area contributed by atoms with Crippen LogP contribution in [0.1, 0.15) is 12.5 Å². The Hall–Kier alpha value is -2.61. The summed E-state index contributed by atoms with van der Waals surface area (Å²) in [4.78, 5) is 15.2. The van der Waals surface area contributed by atoms with Gasteiger partial charge in [-0.3, -0.25) is 10.1 Å². The Morgan fingerprint density at radius 3 is 2.48 bits per heavy atom. The van der Waals surface area contributed by atoms with E-state index in [0.29, 0.717) is 18.8 Å². The molecular formula is C19H23N3O4S. The fourth-order valence-corrected chi connectivity index (χ4v) is 4.16. The molecule has 1 aliphatic rings. The number of sulfone groups is 1. The van der Waals surface area contributed by atoms with Gasteiger partial charge in [0, 0.05) is 43.7 Å². The topological polar surface area (TPSA) is 83.8 Å². The molecule has 7 nitrogen and oxygen atoms in total. The van der Waals surface area contributed by atoms with E-state index in [4.69, 9.17) is 0 Å². The summed E-state index contributed by atoms with van der Waals surface area (Å²) in [5, 5.41) is 11.5. The van der Waals surface area contributed by atoms with Gasteiger partial charge >= 0.3 is 0 Å². The van der Waals surface area contributed by atoms with Crippen LogP contribution in [0.5, 0.6) is 0 Å². The molecule has 144 valence electrons. The van der Waals surface area contributed by atoms with E-state index in [1.807, 2.05) is 11.0 Å². The van der Waals surface area contributed by atoms with Gasteiger partial charge in [0.05, 0.1) is 9.82 Å². The average Bonchev–Trinajstić information content (AvgIpc) is 2.60. The van der Waals surface area contributed by atoms with Gasteiger partial charge in [-0.2, -0.15) is 0 Å². The van der Waals surface area contributed by atoms with Crippen LogP contribution in [0, 0.1) is 17.0 Å². The summed E-state index contributed by atoms with van der Waals surface area (Å²) in [6.07, 6.45) is 1.05. The fourth-order valence-electron chi connectivity index (χ4n) is 3.51. The minimum atomic E-state index is -3.50. The molecule has 2 aromatic rings. The predicted octanol–water partition coefficient (Wildman–Crippen LogP) is 3.02. The van der Waals surface area contributed by atoms with Gasteiger partial charge in [0.25, 0.3) is 5.69 Å². The summed E-state index contributed by atoms with van der Waals surface area (Å²) < 4.78 is 23.5. The van der Waals surface area contributed by atoms with Gasteiger partial charge in [-0.05, 0) is 43.7 Å². The second-order valence-electron chi connectivity index (χ2n) is 7.01. The van der Waals surface area contributed by atoms with E-state index in [2.05, 4.69) is 36.9 Å². The number of nitro groups is 1. The Morgan fingerprint density at radius 2 is 1.89 bits per heavy atom. The van der Waals surface area contributed by atoms with Crippen molar-refractivity contribution >= 4 is 26.9 Å². The zero-order valence-electron chi connectivity index (χ0n) is 15.6. The van der Waals surface area contributed by atoms with E-state index in [-0.39, 0.29) is 16.6 Å². The third-order valence-corrected chi connectivity index (χ3v) is 5.98. The molecule has 27 heavy (non-hydrogen) atoms. The third kappa shape index (κ3) is 4.05. The molecule has 1 saturated heterocycles. The maximum Gasteiger partial charge on any atom is 0.293 e. The summed E-state index contributed by atoms with van der Waals surface area (Å²) in [6, 6.07) is 12.6. The van der Waals surface area contributed by atoms with Crippen LogP contribution in [-0.2, 0) is 9.84 Å². The van der Waals surface area contributed by atoms with Crippen LogP contribution in [0.2, 0.25) is 0 Å². The highest BCUT2D eigenvalue weighted by Crippen LogP contribution is 2.33. The first kappa shape index (κ1) is 19.2. The summed E-state index contributed by atoms with van der Waals surface area (Å²) in [5.41, 5.74) is 2.62. The third-order valence-electron chi connectivity index (χ3n) is 4.87. The van der Waals surface area contributed by atoms with Crippen molar-refractivity contribution in [1.82, 2.24) is 0 Å². The van der Waals surface area contributed by atoms with Gasteiger partial charge in [0.1, 0.15) is 5.69 Å². The highest BCUT2D eigenvalue weighted by atomic mass is 32.2. The van der Waals surface area contributed by atoms with E-state index in [1.54, 1.807) is 6.07 Å². The van der Waals surface area contributed by atoms with Gasteiger partial charge in [0.2, 0.25) is 0 Å². The summed E-state index contributed by atoms with van der Waals surface area (Å²) in [6.45, 7) is 6.11. The first-order chi connectivity index (χ1) is 12.7. The molecule has 0 spiro atoms. The Morgan fingerprint density at radius 1 is 1.15 bits per heavy atom. The molecule has 0 N–H and O–H groups in total. The normalized spacial score (nSPS) is 17.8. The molecule has 1 aliphatic heterocycles. The van der Waals surface area contributed by atoms with Gasteiger partial charge < -0.3 is 9.80 Å². The van der Waals surface area contributed by atoms with Crippen molar-refractivity contribution in [2.24, 2.45) is 0 Å². The van der Waals surface area contributed by atoms with E-state index in [9.17, 15) is 18.5 Å². The SMILES string of the molecule is Cc1cccc(N2CCN(c3ccc(S(C)(=O)=O)cc3[N+](=O)[O-])C[C@@H]2C)c1. The number of anilines is 2. The van der Waals surface area contributed by atoms with Crippen molar-refractivity contribution in [2.45, 2.75) is 24.8 Å². The number of aryl methyl sites for hydroxylation is 1. The summed E-state index contributed by atoms with van der Waals surface area (Å²) >= 11 is 0. The molecule has 0 bridgehead atoms. The number of nitro benzene ring substituents is 1. The van der Waals surface area contributed by atoms with Crippen LogP contribution in [0.4, 0.5) is 17.1 Å². The Kier molecular flexibility index (Phi) is 5.10. The molecular weight excluding hydrogens is 366 g/mol. The number of piperazine rings is 1. The molecule has 0 radical (unpaired) electrons. The molecule has 0 saturated carbocycles. The fraction of sp³-hybridized carbons (Fsp3) is 0.368. The van der Waals surface area contributed by atoms with E-state index in [1.165, 1.54) is 11.6 Å². The van der Waals surface area contributed by atoms with Crippen LogP contribution in [0.3, 0.4) is 0 Å². The van der Waals surface area contributed by atoms with Gasteiger partial charge in [-0.15, -0.1) is 0 Å². The molecule has 3 rings (SSSR count). The zero-order chi connectivity index (χ0) is 19.8. The van der Waals surface area contributed by atoms with Gasteiger partial charge in [-0.25, -0.2) is 8.42 Å². The quantitative estimate of drug-likeness (QED) is 0.590. The van der Waals surface area contributed by atoms with Gasteiger partial charge in [0.15, 0.2) is 9.84 Å². The maximum absolute atomic E-state index is 11.7. The average molecular weight is 389 g/mol. The van der Waals surface area contributed by atoms with E-state index >= 15 is 0 Å². The lowest BCUT2D eigenvalue weighted by Crippen LogP contribution is -2.52. The van der Waals surface area contributed by atoms with E-state index < -0.39 is 14.8 Å². The number of hydrogen-bond acceptors (Lipinski definition) is 6. The van der Waals surface area contributed by atoms with Crippen LogP contribution in [0.25, 0.3) is 0 Å². The molecule has 0 unspecified atom stereocenters. The van der Waals surface area contributed by atoms with Crippen molar-refractivity contribution in [2.75, 3.05) is 35.7 Å². The molecule has 0 aliphatic carbocycles. The standard InChI is InChI=1S/C19H23N3O4S/c1-14-5-4-6-16(11-14)21-10-9-20(13-15(21)2)18-8-7-17(27(3,25)26)12-19(18)22(23)24/h4-8,11-12,15H,9-10,13H2,1-3H3/t15-/m0/s1. The Labute approximate surface area is 159 Å². The predicted molar refractivity (Wildman–Crippen MR) is 106 cm³/mol. The number of rotatable bonds is 4. The van der Waals surface area contributed by atoms with Crippen molar-refractivity contribution in [3.63, 3.8) is 0 Å². The van der Waals surface area contributed by atoms with Gasteiger partial charge in [-0.1, -0.05) is 12.1 Å². The molecule has 1 fully saturated rings. The highest BCUT2D eigenvalue weighted by Gasteiger charge is 2.29. The lowest BCUT2D eigenvalue weighted by Gasteiger charge is -2.42. The molecule has 0 amide bonds. The van der Waals surface area contributed by atoms with Crippen molar-refractivity contribution in [3.05, 3.63) is 58.1 Å². The highest BCUT2D eigenvalue weighted by molar-refractivity contribution is 7.90. The molecule has 2 aromatic carbocycles. The zero-order valence-corrected chi connectivity index (χ0v) is 16.4. The second kappa shape index (κ2) is 7.19. The Bertz CT molecular complexity index is 975. The number of hydrogen-bond donors (Lipinski definition) is 0. The van der Waals surface area contributed by atoms with Crippen molar-refractivity contribution in [1.29, 1.82) is 0 Å². The summed E-state index contributed by atoms with van der Waals surface area (Å²) in [5.74, 6) is 0. The lowest BCUT2D eigenvalue weighted by molar-refractivity contribution is -0.384. The molecule has 8 heteroatoms. The minimum absolute atomic E-state index is 0.0376. The first-order valence-corrected chi connectivity index (χ1v) is 10.6. The van der Waals surface area contributed by atoms with E-state index in [0.717, 1.165) is 24.6 Å². The van der Waals surface area contributed by atoms with Crippen molar-refractivity contribution < 1.29 is 13.3 Å². The smallest absolute Gasteiger partial charge is 0.293 e. The largest absolute Gasteiger partial charge is 0.365 e.